The molecule has 0 radical (unpaired) electrons. The van der Waals surface area contributed by atoms with Crippen LogP contribution in [0.1, 0.15) is 75.2 Å². The zero-order chi connectivity index (χ0) is 20.8. The van der Waals surface area contributed by atoms with Crippen molar-refractivity contribution in [3.63, 3.8) is 0 Å². The maximum absolute atomic E-state index is 12.2. The minimum Gasteiger partial charge on any atom is -0.355 e. The molecule has 0 bridgehead atoms. The fourth-order valence-electron chi connectivity index (χ4n) is 2.74. The largest absolute Gasteiger partial charge is 0.355 e. The summed E-state index contributed by atoms with van der Waals surface area (Å²) in [5, 5.41) is 9.16. The van der Waals surface area contributed by atoms with Gasteiger partial charge in [-0.3, -0.25) is 9.59 Å². The molecule has 6 nitrogen and oxygen atoms in total. The molecule has 0 aliphatic rings. The molecule has 0 aromatic heterocycles. The van der Waals surface area contributed by atoms with E-state index in [4.69, 9.17) is 5.73 Å². The van der Waals surface area contributed by atoms with Gasteiger partial charge in [-0.15, -0.1) is 0 Å². The Morgan fingerprint density at radius 2 is 1.61 bits per heavy atom. The van der Waals surface area contributed by atoms with Crippen LogP contribution in [0.3, 0.4) is 0 Å². The molecule has 0 fully saturated rings. The van der Waals surface area contributed by atoms with Gasteiger partial charge in [-0.1, -0.05) is 45.7 Å². The lowest BCUT2D eigenvalue weighted by molar-refractivity contribution is -0.122. The van der Waals surface area contributed by atoms with Crippen LogP contribution >= 0.6 is 0 Å². The lowest BCUT2D eigenvalue weighted by Crippen LogP contribution is -2.41. The van der Waals surface area contributed by atoms with Crippen molar-refractivity contribution in [1.29, 1.82) is 0 Å². The number of hydrogen-bond acceptors (Lipinski definition) is 4. The van der Waals surface area contributed by atoms with Crippen molar-refractivity contribution < 1.29 is 9.59 Å². The molecule has 1 atom stereocenters. The van der Waals surface area contributed by atoms with Crippen LogP contribution in [0.5, 0.6) is 0 Å². The van der Waals surface area contributed by atoms with Crippen LogP contribution in [0.2, 0.25) is 0 Å². The summed E-state index contributed by atoms with van der Waals surface area (Å²) in [6.07, 6.45) is 5.49. The van der Waals surface area contributed by atoms with E-state index < -0.39 is 6.04 Å². The van der Waals surface area contributed by atoms with Crippen molar-refractivity contribution in [2.45, 2.75) is 77.9 Å². The summed E-state index contributed by atoms with van der Waals surface area (Å²) in [5.41, 5.74) is 7.74. The summed E-state index contributed by atoms with van der Waals surface area (Å²) >= 11 is 0. The fraction of sp³-hybridized carbons (Fsp3) is 0.636. The quantitative estimate of drug-likeness (QED) is 0.367. The third-order valence-electron chi connectivity index (χ3n) is 4.57. The minimum atomic E-state index is -0.468. The second kappa shape index (κ2) is 14.1. The Morgan fingerprint density at radius 3 is 2.25 bits per heavy atom. The predicted octanol–water partition coefficient (Wildman–Crippen LogP) is 2.72. The van der Waals surface area contributed by atoms with E-state index in [1.165, 1.54) is 0 Å². The highest BCUT2D eigenvalue weighted by atomic mass is 16.2. The average molecular weight is 391 g/mol. The molecule has 28 heavy (non-hydrogen) atoms. The summed E-state index contributed by atoms with van der Waals surface area (Å²) in [4.78, 5) is 24.0. The highest BCUT2D eigenvalue weighted by Crippen LogP contribution is 2.05. The number of hydrogen-bond donors (Lipinski definition) is 4. The molecule has 0 saturated heterocycles. The fourth-order valence-corrected chi connectivity index (χ4v) is 2.74. The van der Waals surface area contributed by atoms with Gasteiger partial charge in [0, 0.05) is 31.2 Å². The van der Waals surface area contributed by atoms with Gasteiger partial charge in [0.1, 0.15) is 0 Å². The zero-order valence-corrected chi connectivity index (χ0v) is 17.7. The van der Waals surface area contributed by atoms with Crippen LogP contribution in [0, 0.1) is 0 Å². The van der Waals surface area contributed by atoms with Gasteiger partial charge >= 0.3 is 0 Å². The Bertz CT molecular complexity index is 572. The van der Waals surface area contributed by atoms with Gasteiger partial charge in [0.15, 0.2) is 0 Å². The topological polar surface area (TPSA) is 96.2 Å². The third kappa shape index (κ3) is 10.4. The van der Waals surface area contributed by atoms with Crippen LogP contribution in [-0.2, 0) is 11.3 Å². The van der Waals surface area contributed by atoms with Crippen molar-refractivity contribution in [2.24, 2.45) is 5.73 Å². The Morgan fingerprint density at radius 1 is 0.964 bits per heavy atom. The highest BCUT2D eigenvalue weighted by Gasteiger charge is 2.12. The molecule has 0 aliphatic heterocycles. The van der Waals surface area contributed by atoms with E-state index >= 15 is 0 Å². The number of nitrogens with two attached hydrogens (primary N) is 1. The predicted molar refractivity (Wildman–Crippen MR) is 115 cm³/mol. The normalized spacial score (nSPS) is 12.0. The van der Waals surface area contributed by atoms with E-state index in [0.29, 0.717) is 31.1 Å². The Hall–Kier alpha value is -1.92. The maximum Gasteiger partial charge on any atom is 0.251 e. The first-order valence-corrected chi connectivity index (χ1v) is 10.6. The SMILES string of the molecule is CCCCCNC(=O)[C@H](N)CCCCNC(=O)c1ccc(CNC(C)C)cc1. The van der Waals surface area contributed by atoms with Crippen LogP contribution in [0.25, 0.3) is 0 Å². The molecular weight excluding hydrogens is 352 g/mol. The molecule has 6 heteroatoms. The number of unbranched alkanes of at least 4 members (excludes halogenated alkanes) is 3. The number of nitrogens with one attached hydrogen (secondary N) is 3. The van der Waals surface area contributed by atoms with E-state index in [-0.39, 0.29) is 11.8 Å². The first-order chi connectivity index (χ1) is 13.4. The van der Waals surface area contributed by atoms with Gasteiger partial charge in [-0.25, -0.2) is 0 Å². The smallest absolute Gasteiger partial charge is 0.251 e. The molecule has 1 aromatic rings. The molecule has 2 amide bonds. The summed E-state index contributed by atoms with van der Waals surface area (Å²) < 4.78 is 0. The summed E-state index contributed by atoms with van der Waals surface area (Å²) in [7, 11) is 0. The van der Waals surface area contributed by atoms with Gasteiger partial charge < -0.3 is 21.7 Å². The first kappa shape index (κ1) is 24.1. The molecule has 158 valence electrons. The molecule has 0 unspecified atom stereocenters. The van der Waals surface area contributed by atoms with E-state index in [9.17, 15) is 9.59 Å². The van der Waals surface area contributed by atoms with Crippen LogP contribution in [-0.4, -0.2) is 37.0 Å². The Balaban J connectivity index is 2.18. The zero-order valence-electron chi connectivity index (χ0n) is 17.7. The second-order valence-electron chi connectivity index (χ2n) is 7.59. The number of rotatable bonds is 14. The number of benzene rings is 1. The molecule has 0 aliphatic carbocycles. The van der Waals surface area contributed by atoms with Crippen LogP contribution in [0.4, 0.5) is 0 Å². The van der Waals surface area contributed by atoms with Crippen molar-refractivity contribution >= 4 is 11.8 Å². The van der Waals surface area contributed by atoms with Gasteiger partial charge in [-0.2, -0.15) is 0 Å². The van der Waals surface area contributed by atoms with Crippen LogP contribution < -0.4 is 21.7 Å². The van der Waals surface area contributed by atoms with Crippen molar-refractivity contribution in [3.8, 4) is 0 Å². The molecule has 1 rings (SSSR count). The molecule has 0 spiro atoms. The van der Waals surface area contributed by atoms with E-state index in [2.05, 4.69) is 36.7 Å². The average Bonchev–Trinajstić information content (AvgIpc) is 2.69. The van der Waals surface area contributed by atoms with E-state index in [1.807, 2.05) is 24.3 Å². The lowest BCUT2D eigenvalue weighted by atomic mass is 10.1. The molecule has 0 heterocycles. The van der Waals surface area contributed by atoms with Crippen molar-refractivity contribution in [2.75, 3.05) is 13.1 Å². The first-order valence-electron chi connectivity index (χ1n) is 10.6. The molecule has 0 saturated carbocycles. The summed E-state index contributed by atoms with van der Waals surface area (Å²) in [6.45, 7) is 8.42. The van der Waals surface area contributed by atoms with E-state index in [1.54, 1.807) is 0 Å². The minimum absolute atomic E-state index is 0.0682. The van der Waals surface area contributed by atoms with Gasteiger partial charge in [-0.05, 0) is 43.4 Å². The maximum atomic E-state index is 12.2. The Kier molecular flexibility index (Phi) is 12.2. The van der Waals surface area contributed by atoms with Gasteiger partial charge in [0.25, 0.3) is 5.91 Å². The number of carbonyl (C=O) groups is 2. The standard InChI is InChI=1S/C22H38N4O2/c1-4-5-7-14-25-22(28)20(23)9-6-8-15-24-21(27)19-12-10-18(11-13-19)16-26-17(2)3/h10-13,17,20,26H,4-9,14-16,23H2,1-3H3,(H,24,27)(H,25,28)/t20-/m1/s1. The van der Waals surface area contributed by atoms with Gasteiger partial charge in [0.05, 0.1) is 6.04 Å². The van der Waals surface area contributed by atoms with E-state index in [0.717, 1.165) is 44.2 Å². The second-order valence-corrected chi connectivity index (χ2v) is 7.59. The molecule has 1 aromatic carbocycles. The number of amides is 2. The van der Waals surface area contributed by atoms with Crippen molar-refractivity contribution in [3.05, 3.63) is 35.4 Å². The summed E-state index contributed by atoms with van der Waals surface area (Å²) in [5.74, 6) is -0.145. The molecule has 5 N–H and O–H groups in total. The Labute approximate surface area is 170 Å². The monoisotopic (exact) mass is 390 g/mol. The number of carbonyl (C=O) groups excluding carboxylic acids is 2. The van der Waals surface area contributed by atoms with Crippen LogP contribution in [0.15, 0.2) is 24.3 Å². The third-order valence-corrected chi connectivity index (χ3v) is 4.57. The lowest BCUT2D eigenvalue weighted by Gasteiger charge is -2.12. The van der Waals surface area contributed by atoms with Crippen molar-refractivity contribution in [1.82, 2.24) is 16.0 Å². The highest BCUT2D eigenvalue weighted by molar-refractivity contribution is 5.94. The molecular formula is C22H38N4O2. The summed E-state index contributed by atoms with van der Waals surface area (Å²) in [6, 6.07) is 7.62. The van der Waals surface area contributed by atoms with Gasteiger partial charge in [0.2, 0.25) is 5.91 Å².